The van der Waals surface area contributed by atoms with E-state index in [1.807, 2.05) is 0 Å². The molecule has 3 aromatic rings. The summed E-state index contributed by atoms with van der Waals surface area (Å²) in [7, 11) is 0. The fourth-order valence-corrected chi connectivity index (χ4v) is 3.75. The second kappa shape index (κ2) is 8.62. The van der Waals surface area contributed by atoms with Crippen LogP contribution in [-0.2, 0) is 16.1 Å². The van der Waals surface area contributed by atoms with Crippen molar-refractivity contribution in [1.82, 2.24) is 9.88 Å². The second-order valence-corrected chi connectivity index (χ2v) is 7.60. The molecule has 1 aromatic heterocycles. The molecule has 1 amide bonds. The highest BCUT2D eigenvalue weighted by Gasteiger charge is 2.46. The van der Waals surface area contributed by atoms with Gasteiger partial charge in [-0.3, -0.25) is 24.7 Å². The van der Waals surface area contributed by atoms with Gasteiger partial charge in [0.2, 0.25) is 0 Å². The molecule has 1 atom stereocenters. The Morgan fingerprint density at radius 3 is 2.39 bits per heavy atom. The Bertz CT molecular complexity index is 1290. The van der Waals surface area contributed by atoms with Crippen molar-refractivity contribution in [3.8, 4) is 0 Å². The summed E-state index contributed by atoms with van der Waals surface area (Å²) < 4.78 is 14.1. The number of carbonyl (C=O) groups excluding carboxylic acids is 2. The van der Waals surface area contributed by atoms with E-state index >= 15 is 0 Å². The van der Waals surface area contributed by atoms with Crippen LogP contribution >= 0.6 is 0 Å². The van der Waals surface area contributed by atoms with Crippen molar-refractivity contribution in [1.29, 1.82) is 0 Å². The number of benzene rings is 2. The number of aryl methyl sites for hydroxylation is 1. The van der Waals surface area contributed by atoms with Crippen molar-refractivity contribution in [2.45, 2.75) is 19.5 Å². The van der Waals surface area contributed by atoms with Crippen LogP contribution in [0.15, 0.2) is 72.6 Å². The molecule has 33 heavy (non-hydrogen) atoms. The van der Waals surface area contributed by atoms with Gasteiger partial charge in [-0.25, -0.2) is 4.39 Å². The lowest BCUT2D eigenvalue weighted by Crippen LogP contribution is -2.29. The highest BCUT2D eigenvalue weighted by atomic mass is 19.1. The third-order valence-electron chi connectivity index (χ3n) is 5.51. The number of nitro groups is 1. The Labute approximate surface area is 187 Å². The molecule has 0 saturated carbocycles. The van der Waals surface area contributed by atoms with Crippen molar-refractivity contribution in [2.24, 2.45) is 0 Å². The first-order valence-corrected chi connectivity index (χ1v) is 9.96. The minimum Gasteiger partial charge on any atom is -0.507 e. The number of aliphatic hydroxyl groups is 1. The van der Waals surface area contributed by atoms with E-state index in [1.54, 1.807) is 31.5 Å². The maximum atomic E-state index is 14.1. The van der Waals surface area contributed by atoms with Crippen molar-refractivity contribution < 1.29 is 24.0 Å². The predicted octanol–water partition coefficient (Wildman–Crippen LogP) is 4.06. The summed E-state index contributed by atoms with van der Waals surface area (Å²) in [5.41, 5.74) is 1.11. The third-order valence-corrected chi connectivity index (χ3v) is 5.51. The van der Waals surface area contributed by atoms with E-state index < -0.39 is 34.2 Å². The lowest BCUT2D eigenvalue weighted by Gasteiger charge is -2.25. The highest BCUT2D eigenvalue weighted by molar-refractivity contribution is 6.46. The van der Waals surface area contributed by atoms with Crippen LogP contribution in [0.3, 0.4) is 0 Å². The Morgan fingerprint density at radius 2 is 1.79 bits per heavy atom. The monoisotopic (exact) mass is 447 g/mol. The standard InChI is InChI=1S/C24H18FN3O5/c1-14-2-3-17(12-19(14)25)22(29)20-21(16-4-6-18(7-5-16)28(32)33)27(24(31)23(20)30)13-15-8-10-26-11-9-15/h2-12,21,29H,13H2,1H3/t21-/m1/s1. The molecule has 1 aliphatic rings. The second-order valence-electron chi connectivity index (χ2n) is 7.60. The van der Waals surface area contributed by atoms with Crippen LogP contribution in [0.25, 0.3) is 5.76 Å². The molecule has 2 aromatic carbocycles. The summed E-state index contributed by atoms with van der Waals surface area (Å²) in [6.07, 6.45) is 3.09. The first-order chi connectivity index (χ1) is 15.8. The van der Waals surface area contributed by atoms with Gasteiger partial charge in [-0.1, -0.05) is 12.1 Å². The normalized spacial score (nSPS) is 17.4. The molecule has 0 bridgehead atoms. The van der Waals surface area contributed by atoms with Crippen molar-refractivity contribution in [3.05, 3.63) is 111 Å². The maximum absolute atomic E-state index is 14.1. The van der Waals surface area contributed by atoms with Gasteiger partial charge in [0.1, 0.15) is 11.6 Å². The van der Waals surface area contributed by atoms with E-state index in [-0.39, 0.29) is 23.4 Å². The molecule has 1 N–H and O–H groups in total. The smallest absolute Gasteiger partial charge is 0.295 e. The summed E-state index contributed by atoms with van der Waals surface area (Å²) in [5, 5.41) is 22.0. The highest BCUT2D eigenvalue weighted by Crippen LogP contribution is 2.40. The number of Topliss-reactive ketones (excluding diaryl/α,β-unsaturated/α-hetero) is 1. The van der Waals surface area contributed by atoms with Crippen molar-refractivity contribution >= 4 is 23.1 Å². The van der Waals surface area contributed by atoms with Crippen LogP contribution in [0.5, 0.6) is 0 Å². The molecule has 0 radical (unpaired) electrons. The predicted molar refractivity (Wildman–Crippen MR) is 116 cm³/mol. The SMILES string of the molecule is Cc1ccc(C(O)=C2C(=O)C(=O)N(Cc3ccncc3)[C@@H]2c2ccc([N+](=O)[O-])cc2)cc1F. The minimum atomic E-state index is -1.02. The zero-order chi connectivity index (χ0) is 23.7. The third kappa shape index (κ3) is 4.08. The summed E-state index contributed by atoms with van der Waals surface area (Å²) in [5.74, 6) is -2.86. The Hall–Kier alpha value is -4.40. The number of nitro benzene ring substituents is 1. The van der Waals surface area contributed by atoms with Gasteiger partial charge in [0.05, 0.1) is 16.5 Å². The average Bonchev–Trinajstić information content (AvgIpc) is 3.06. The van der Waals surface area contributed by atoms with Gasteiger partial charge >= 0.3 is 0 Å². The number of amides is 1. The number of carbonyl (C=O) groups is 2. The molecular formula is C24H18FN3O5. The van der Waals surface area contributed by atoms with E-state index in [4.69, 9.17) is 0 Å². The Kier molecular flexibility index (Phi) is 5.70. The molecule has 1 fully saturated rings. The Balaban J connectivity index is 1.87. The van der Waals surface area contributed by atoms with E-state index in [1.165, 1.54) is 41.3 Å². The zero-order valence-corrected chi connectivity index (χ0v) is 17.4. The molecule has 0 aliphatic carbocycles. The number of pyridine rings is 1. The number of halogens is 1. The van der Waals surface area contributed by atoms with E-state index in [0.717, 1.165) is 6.07 Å². The Morgan fingerprint density at radius 1 is 1.12 bits per heavy atom. The molecule has 1 aliphatic heterocycles. The molecule has 8 nitrogen and oxygen atoms in total. The number of likely N-dealkylation sites (tertiary alicyclic amines) is 1. The van der Waals surface area contributed by atoms with Gasteiger partial charge in [-0.2, -0.15) is 0 Å². The van der Waals surface area contributed by atoms with Crippen molar-refractivity contribution in [3.63, 3.8) is 0 Å². The molecule has 1 saturated heterocycles. The van der Waals surface area contributed by atoms with Crippen LogP contribution in [0, 0.1) is 22.9 Å². The lowest BCUT2D eigenvalue weighted by atomic mass is 9.94. The van der Waals surface area contributed by atoms with Gasteiger partial charge in [-0.15, -0.1) is 0 Å². The fourth-order valence-electron chi connectivity index (χ4n) is 3.75. The molecule has 9 heteroatoms. The van der Waals surface area contributed by atoms with E-state index in [9.17, 15) is 29.2 Å². The summed E-state index contributed by atoms with van der Waals surface area (Å²) in [6.45, 7) is 1.59. The zero-order valence-electron chi connectivity index (χ0n) is 17.4. The van der Waals surface area contributed by atoms with Gasteiger partial charge in [-0.05, 0) is 53.9 Å². The van der Waals surface area contributed by atoms with E-state index in [0.29, 0.717) is 16.7 Å². The number of nitrogens with zero attached hydrogens (tertiary/aromatic N) is 3. The largest absolute Gasteiger partial charge is 0.507 e. The molecule has 0 unspecified atom stereocenters. The van der Waals surface area contributed by atoms with Crippen molar-refractivity contribution in [2.75, 3.05) is 0 Å². The number of ketones is 1. The van der Waals surface area contributed by atoms with Gasteiger partial charge in [0.15, 0.2) is 0 Å². The number of hydrogen-bond acceptors (Lipinski definition) is 6. The topological polar surface area (TPSA) is 114 Å². The maximum Gasteiger partial charge on any atom is 0.295 e. The van der Waals surface area contributed by atoms with Gasteiger partial charge in [0, 0.05) is 36.6 Å². The summed E-state index contributed by atoms with van der Waals surface area (Å²) >= 11 is 0. The lowest BCUT2D eigenvalue weighted by molar-refractivity contribution is -0.384. The first kappa shape index (κ1) is 21.8. The average molecular weight is 447 g/mol. The van der Waals surface area contributed by atoms with Crippen LogP contribution < -0.4 is 0 Å². The first-order valence-electron chi connectivity index (χ1n) is 9.96. The number of non-ortho nitro benzene ring substituents is 1. The molecule has 2 heterocycles. The number of aromatic nitrogens is 1. The molecule has 166 valence electrons. The molecule has 0 spiro atoms. The van der Waals surface area contributed by atoms with Crippen LogP contribution in [0.4, 0.5) is 10.1 Å². The number of hydrogen-bond donors (Lipinski definition) is 1. The number of aliphatic hydroxyl groups excluding tert-OH is 1. The summed E-state index contributed by atoms with van der Waals surface area (Å²) in [6, 6.07) is 11.7. The van der Waals surface area contributed by atoms with E-state index in [2.05, 4.69) is 4.98 Å². The quantitative estimate of drug-likeness (QED) is 0.207. The molecular weight excluding hydrogens is 429 g/mol. The molecule has 4 rings (SSSR count). The van der Waals surface area contributed by atoms with Gasteiger partial charge < -0.3 is 10.0 Å². The van der Waals surface area contributed by atoms with Crippen LogP contribution in [-0.4, -0.2) is 31.6 Å². The van der Waals surface area contributed by atoms with Crippen LogP contribution in [0.2, 0.25) is 0 Å². The van der Waals surface area contributed by atoms with Gasteiger partial charge in [0.25, 0.3) is 17.4 Å². The number of rotatable bonds is 5. The summed E-state index contributed by atoms with van der Waals surface area (Å²) in [4.78, 5) is 41.7. The fraction of sp³-hybridized carbons (Fsp3) is 0.125. The van der Waals surface area contributed by atoms with Crippen LogP contribution in [0.1, 0.15) is 28.3 Å². The minimum absolute atomic E-state index is 0.0355.